The number of rotatable bonds is 5. The van der Waals surface area contributed by atoms with Crippen LogP contribution in [0.5, 0.6) is 0 Å². The molecular weight excluding hydrogens is 282 g/mol. The van der Waals surface area contributed by atoms with Gasteiger partial charge in [0.05, 0.1) is 17.8 Å². The fraction of sp³-hybridized carbons (Fsp3) is 0.688. The van der Waals surface area contributed by atoms with Crippen LogP contribution < -0.4 is 0 Å². The predicted octanol–water partition coefficient (Wildman–Crippen LogP) is 2.43. The SMILES string of the molecule is CCC(C)C(C)C(=O)N1CCC(n2cc(C(=O)O)cn2)CC1. The number of carboxylic acid groups (broad SMARTS) is 1. The normalized spacial score (nSPS) is 19.0. The maximum Gasteiger partial charge on any atom is 0.338 e. The second-order valence-corrected chi connectivity index (χ2v) is 6.24. The Kier molecular flexibility index (Phi) is 5.21. The van der Waals surface area contributed by atoms with Gasteiger partial charge in [0.25, 0.3) is 0 Å². The van der Waals surface area contributed by atoms with Crippen molar-refractivity contribution < 1.29 is 14.7 Å². The number of piperidine rings is 1. The van der Waals surface area contributed by atoms with Gasteiger partial charge in [-0.3, -0.25) is 9.48 Å². The van der Waals surface area contributed by atoms with E-state index in [1.54, 1.807) is 10.9 Å². The van der Waals surface area contributed by atoms with Gasteiger partial charge in [-0.05, 0) is 18.8 Å². The number of aromatic nitrogens is 2. The van der Waals surface area contributed by atoms with Crippen LogP contribution in [0, 0.1) is 11.8 Å². The van der Waals surface area contributed by atoms with E-state index < -0.39 is 5.97 Å². The first kappa shape index (κ1) is 16.5. The summed E-state index contributed by atoms with van der Waals surface area (Å²) in [6.07, 6.45) is 5.60. The molecular formula is C16H25N3O3. The third kappa shape index (κ3) is 3.48. The zero-order valence-electron chi connectivity index (χ0n) is 13.5. The lowest BCUT2D eigenvalue weighted by Crippen LogP contribution is -2.43. The molecule has 2 heterocycles. The first-order chi connectivity index (χ1) is 10.4. The Bertz CT molecular complexity index is 532. The molecule has 0 aromatic carbocycles. The Balaban J connectivity index is 1.92. The van der Waals surface area contributed by atoms with E-state index in [0.717, 1.165) is 19.3 Å². The molecule has 1 aromatic heterocycles. The highest BCUT2D eigenvalue weighted by atomic mass is 16.4. The Morgan fingerprint density at radius 3 is 2.50 bits per heavy atom. The van der Waals surface area contributed by atoms with Gasteiger partial charge in [0.1, 0.15) is 0 Å². The van der Waals surface area contributed by atoms with E-state index in [0.29, 0.717) is 19.0 Å². The van der Waals surface area contributed by atoms with Crippen LogP contribution in [0.2, 0.25) is 0 Å². The van der Waals surface area contributed by atoms with Crippen LogP contribution in [0.25, 0.3) is 0 Å². The van der Waals surface area contributed by atoms with Crippen molar-refractivity contribution in [2.75, 3.05) is 13.1 Å². The summed E-state index contributed by atoms with van der Waals surface area (Å²) in [6, 6.07) is 0.177. The fourth-order valence-electron chi connectivity index (χ4n) is 2.88. The largest absolute Gasteiger partial charge is 0.478 e. The molecule has 22 heavy (non-hydrogen) atoms. The lowest BCUT2D eigenvalue weighted by molar-refractivity contribution is -0.137. The summed E-state index contributed by atoms with van der Waals surface area (Å²) in [5.74, 6) is -0.264. The van der Waals surface area contributed by atoms with Crippen LogP contribution in [-0.2, 0) is 4.79 Å². The van der Waals surface area contributed by atoms with Crippen molar-refractivity contribution in [1.29, 1.82) is 0 Å². The Hall–Kier alpha value is -1.85. The fourth-order valence-corrected chi connectivity index (χ4v) is 2.88. The van der Waals surface area contributed by atoms with E-state index in [9.17, 15) is 9.59 Å². The van der Waals surface area contributed by atoms with Crippen LogP contribution in [-0.4, -0.2) is 44.8 Å². The molecule has 0 bridgehead atoms. The van der Waals surface area contributed by atoms with Crippen molar-refractivity contribution in [2.45, 2.75) is 46.1 Å². The van der Waals surface area contributed by atoms with Crippen molar-refractivity contribution in [3.63, 3.8) is 0 Å². The standard InChI is InChI=1S/C16H25N3O3/c1-4-11(2)12(3)15(20)18-7-5-14(6-8-18)19-10-13(9-17-19)16(21)22/h9-12,14H,4-8H2,1-3H3,(H,21,22). The van der Waals surface area contributed by atoms with Gasteiger partial charge in [-0.1, -0.05) is 27.2 Å². The van der Waals surface area contributed by atoms with Crippen LogP contribution in [0.1, 0.15) is 56.4 Å². The average molecular weight is 307 g/mol. The molecule has 0 saturated carbocycles. The van der Waals surface area contributed by atoms with Crippen LogP contribution in [0.15, 0.2) is 12.4 Å². The number of carbonyl (C=O) groups excluding carboxylic acids is 1. The van der Waals surface area contributed by atoms with Crippen molar-refractivity contribution in [3.05, 3.63) is 18.0 Å². The predicted molar refractivity (Wildman–Crippen MR) is 82.7 cm³/mol. The Labute approximate surface area is 131 Å². The molecule has 1 saturated heterocycles. The number of hydrogen-bond donors (Lipinski definition) is 1. The summed E-state index contributed by atoms with van der Waals surface area (Å²) in [6.45, 7) is 7.67. The first-order valence-electron chi connectivity index (χ1n) is 8.00. The molecule has 2 atom stereocenters. The molecule has 6 nitrogen and oxygen atoms in total. The number of aromatic carboxylic acids is 1. The minimum Gasteiger partial charge on any atom is -0.478 e. The molecule has 1 fully saturated rings. The summed E-state index contributed by atoms with van der Waals surface area (Å²) in [5.41, 5.74) is 0.212. The van der Waals surface area contributed by atoms with E-state index in [1.165, 1.54) is 6.20 Å². The summed E-state index contributed by atoms with van der Waals surface area (Å²) >= 11 is 0. The quantitative estimate of drug-likeness (QED) is 0.906. The number of amides is 1. The van der Waals surface area contributed by atoms with E-state index in [1.807, 2.05) is 11.8 Å². The van der Waals surface area contributed by atoms with Gasteiger partial charge < -0.3 is 10.0 Å². The van der Waals surface area contributed by atoms with Gasteiger partial charge in [0, 0.05) is 25.2 Å². The molecule has 0 aliphatic carbocycles. The minimum atomic E-state index is -0.957. The lowest BCUT2D eigenvalue weighted by atomic mass is 9.91. The monoisotopic (exact) mass is 307 g/mol. The maximum atomic E-state index is 12.5. The number of carbonyl (C=O) groups is 2. The van der Waals surface area contributed by atoms with E-state index in [4.69, 9.17) is 5.11 Å². The lowest BCUT2D eigenvalue weighted by Gasteiger charge is -2.34. The number of hydrogen-bond acceptors (Lipinski definition) is 3. The topological polar surface area (TPSA) is 75.4 Å². The van der Waals surface area contributed by atoms with Crippen molar-refractivity contribution in [1.82, 2.24) is 14.7 Å². The highest BCUT2D eigenvalue weighted by Gasteiger charge is 2.29. The molecule has 122 valence electrons. The van der Waals surface area contributed by atoms with Crippen LogP contribution in [0.3, 0.4) is 0 Å². The average Bonchev–Trinajstić information content (AvgIpc) is 3.03. The van der Waals surface area contributed by atoms with E-state index >= 15 is 0 Å². The van der Waals surface area contributed by atoms with Gasteiger partial charge in [-0.15, -0.1) is 0 Å². The molecule has 0 spiro atoms. The van der Waals surface area contributed by atoms with Crippen LogP contribution in [0.4, 0.5) is 0 Å². The van der Waals surface area contributed by atoms with Gasteiger partial charge in [0.2, 0.25) is 5.91 Å². The second-order valence-electron chi connectivity index (χ2n) is 6.24. The minimum absolute atomic E-state index is 0.0601. The number of carboxylic acids is 1. The Morgan fingerprint density at radius 2 is 2.00 bits per heavy atom. The van der Waals surface area contributed by atoms with Gasteiger partial charge in [-0.25, -0.2) is 4.79 Å². The highest BCUT2D eigenvalue weighted by Crippen LogP contribution is 2.25. The first-order valence-corrected chi connectivity index (χ1v) is 8.00. The third-order valence-corrected chi connectivity index (χ3v) is 4.89. The molecule has 1 amide bonds. The summed E-state index contributed by atoms with van der Waals surface area (Å²) in [5, 5.41) is 13.1. The van der Waals surface area contributed by atoms with E-state index in [2.05, 4.69) is 18.9 Å². The van der Waals surface area contributed by atoms with Crippen LogP contribution >= 0.6 is 0 Å². The molecule has 1 aliphatic rings. The molecule has 6 heteroatoms. The number of likely N-dealkylation sites (tertiary alicyclic amines) is 1. The molecule has 2 unspecified atom stereocenters. The zero-order chi connectivity index (χ0) is 16.3. The number of nitrogens with zero attached hydrogens (tertiary/aromatic N) is 3. The maximum absolute atomic E-state index is 12.5. The molecule has 1 aromatic rings. The van der Waals surface area contributed by atoms with Crippen molar-refractivity contribution in [2.24, 2.45) is 11.8 Å². The third-order valence-electron chi connectivity index (χ3n) is 4.89. The Morgan fingerprint density at radius 1 is 1.36 bits per heavy atom. The van der Waals surface area contributed by atoms with Gasteiger partial charge in [-0.2, -0.15) is 5.10 Å². The molecule has 1 N–H and O–H groups in total. The van der Waals surface area contributed by atoms with Crippen molar-refractivity contribution >= 4 is 11.9 Å². The summed E-state index contributed by atoms with van der Waals surface area (Å²) in [4.78, 5) is 25.3. The second kappa shape index (κ2) is 6.94. The molecule has 2 rings (SSSR count). The molecule has 0 radical (unpaired) electrons. The van der Waals surface area contributed by atoms with Gasteiger partial charge in [0.15, 0.2) is 0 Å². The summed E-state index contributed by atoms with van der Waals surface area (Å²) < 4.78 is 1.73. The van der Waals surface area contributed by atoms with E-state index in [-0.39, 0.29) is 23.4 Å². The highest BCUT2D eigenvalue weighted by molar-refractivity contribution is 5.86. The smallest absolute Gasteiger partial charge is 0.338 e. The zero-order valence-corrected chi connectivity index (χ0v) is 13.5. The van der Waals surface area contributed by atoms with Crippen molar-refractivity contribution in [3.8, 4) is 0 Å². The molecule has 1 aliphatic heterocycles. The van der Waals surface area contributed by atoms with Gasteiger partial charge >= 0.3 is 5.97 Å². The summed E-state index contributed by atoms with van der Waals surface area (Å²) in [7, 11) is 0.